The average Bonchev–Trinajstić information content (AvgIpc) is 2.66. The zero-order valence-corrected chi connectivity index (χ0v) is 14.5. The van der Waals surface area contributed by atoms with E-state index in [0.717, 1.165) is 11.1 Å². The average molecular weight is 356 g/mol. The number of hydrogen-bond donors (Lipinski definition) is 1. The van der Waals surface area contributed by atoms with Crippen molar-refractivity contribution < 1.29 is 18.7 Å². The van der Waals surface area contributed by atoms with E-state index in [1.165, 1.54) is 12.1 Å². The molecule has 1 aliphatic rings. The van der Waals surface area contributed by atoms with E-state index in [0.29, 0.717) is 13.0 Å². The Morgan fingerprint density at radius 3 is 2.58 bits per heavy atom. The first-order valence-corrected chi connectivity index (χ1v) is 8.50. The zero-order chi connectivity index (χ0) is 18.5. The van der Waals surface area contributed by atoms with Crippen LogP contribution in [-0.4, -0.2) is 43.0 Å². The predicted molar refractivity (Wildman–Crippen MR) is 94.8 cm³/mol. The lowest BCUT2D eigenvalue weighted by atomic mass is 9.97. The van der Waals surface area contributed by atoms with Crippen molar-refractivity contribution in [2.75, 3.05) is 20.2 Å². The molecule has 1 N–H and O–H groups in total. The molecule has 0 bridgehead atoms. The van der Waals surface area contributed by atoms with Crippen LogP contribution in [0.15, 0.2) is 54.6 Å². The largest absolute Gasteiger partial charge is 0.356 e. The van der Waals surface area contributed by atoms with Gasteiger partial charge in [0.25, 0.3) is 5.91 Å². The Morgan fingerprint density at radius 1 is 1.19 bits per heavy atom. The Bertz CT molecular complexity index is 764. The molecule has 0 aromatic heterocycles. The van der Waals surface area contributed by atoms with Crippen LogP contribution in [0.1, 0.15) is 17.2 Å². The Kier molecular flexibility index (Phi) is 5.63. The summed E-state index contributed by atoms with van der Waals surface area (Å²) in [5.41, 5.74) is 1.78. The topological polar surface area (TPSA) is 58.6 Å². The van der Waals surface area contributed by atoms with Gasteiger partial charge in [-0.3, -0.25) is 9.59 Å². The molecule has 1 saturated heterocycles. The van der Waals surface area contributed by atoms with E-state index in [2.05, 4.69) is 5.32 Å². The second kappa shape index (κ2) is 8.10. The number of amides is 2. The van der Waals surface area contributed by atoms with Gasteiger partial charge in [-0.2, -0.15) is 0 Å². The standard InChI is InChI=1S/C20H21FN2O3/c1-23-17(24)13-26-19(18(23)15-5-3-2-4-6-15)20(25)22-12-11-14-7-9-16(21)10-8-14/h2-10,18-19H,11-13H2,1H3,(H,22,25)/t18-,19+/m0/s1. The lowest BCUT2D eigenvalue weighted by Gasteiger charge is -2.38. The van der Waals surface area contributed by atoms with Crippen molar-refractivity contribution in [2.24, 2.45) is 0 Å². The SMILES string of the molecule is CN1C(=O)CO[C@@H](C(=O)NCCc2ccc(F)cc2)[C@@H]1c1ccccc1. The highest BCUT2D eigenvalue weighted by atomic mass is 19.1. The molecule has 1 fully saturated rings. The van der Waals surface area contributed by atoms with Crippen LogP contribution >= 0.6 is 0 Å². The summed E-state index contributed by atoms with van der Waals surface area (Å²) in [7, 11) is 1.68. The molecular formula is C20H21FN2O3. The van der Waals surface area contributed by atoms with E-state index < -0.39 is 12.1 Å². The Morgan fingerprint density at radius 2 is 1.88 bits per heavy atom. The van der Waals surface area contributed by atoms with Gasteiger partial charge in [0.1, 0.15) is 12.4 Å². The van der Waals surface area contributed by atoms with Gasteiger partial charge < -0.3 is 15.0 Å². The van der Waals surface area contributed by atoms with E-state index in [1.54, 1.807) is 24.1 Å². The normalized spacial score (nSPS) is 20.1. The molecular weight excluding hydrogens is 335 g/mol. The van der Waals surface area contributed by atoms with Crippen molar-refractivity contribution in [3.05, 3.63) is 71.5 Å². The summed E-state index contributed by atoms with van der Waals surface area (Å²) in [6.45, 7) is 0.291. The number of benzene rings is 2. The number of carbonyl (C=O) groups is 2. The highest BCUT2D eigenvalue weighted by molar-refractivity contribution is 5.86. The molecule has 5 nitrogen and oxygen atoms in total. The maximum absolute atomic E-state index is 12.9. The summed E-state index contributed by atoms with van der Waals surface area (Å²) in [4.78, 5) is 26.2. The minimum absolute atomic E-state index is 0.115. The quantitative estimate of drug-likeness (QED) is 0.892. The van der Waals surface area contributed by atoms with Crippen molar-refractivity contribution in [2.45, 2.75) is 18.6 Å². The van der Waals surface area contributed by atoms with Crippen molar-refractivity contribution >= 4 is 11.8 Å². The molecule has 136 valence electrons. The van der Waals surface area contributed by atoms with Crippen molar-refractivity contribution in [3.63, 3.8) is 0 Å². The van der Waals surface area contributed by atoms with Gasteiger partial charge in [-0.1, -0.05) is 42.5 Å². The van der Waals surface area contributed by atoms with Crippen LogP contribution in [0.25, 0.3) is 0 Å². The first kappa shape index (κ1) is 18.1. The fraction of sp³-hybridized carbons (Fsp3) is 0.300. The highest BCUT2D eigenvalue weighted by Gasteiger charge is 2.39. The molecule has 0 radical (unpaired) electrons. The van der Waals surface area contributed by atoms with Gasteiger partial charge in [-0.05, 0) is 29.7 Å². The first-order valence-electron chi connectivity index (χ1n) is 8.50. The van der Waals surface area contributed by atoms with Gasteiger partial charge in [-0.25, -0.2) is 4.39 Å². The summed E-state index contributed by atoms with van der Waals surface area (Å²) in [5.74, 6) is -0.707. The number of halogens is 1. The summed E-state index contributed by atoms with van der Waals surface area (Å²) >= 11 is 0. The van der Waals surface area contributed by atoms with Crippen LogP contribution in [0.2, 0.25) is 0 Å². The Hall–Kier alpha value is -2.73. The molecule has 0 spiro atoms. The molecule has 0 unspecified atom stereocenters. The number of ether oxygens (including phenoxy) is 1. The van der Waals surface area contributed by atoms with E-state index in [-0.39, 0.29) is 24.2 Å². The third-order valence-corrected chi connectivity index (χ3v) is 4.51. The number of carbonyl (C=O) groups excluding carboxylic acids is 2. The fourth-order valence-corrected chi connectivity index (χ4v) is 3.06. The molecule has 2 aromatic carbocycles. The monoisotopic (exact) mass is 356 g/mol. The van der Waals surface area contributed by atoms with Gasteiger partial charge in [0, 0.05) is 13.6 Å². The van der Waals surface area contributed by atoms with Crippen molar-refractivity contribution in [3.8, 4) is 0 Å². The van der Waals surface area contributed by atoms with Gasteiger partial charge in [0.05, 0.1) is 6.04 Å². The molecule has 1 aliphatic heterocycles. The van der Waals surface area contributed by atoms with Crippen LogP contribution in [0.5, 0.6) is 0 Å². The minimum atomic E-state index is -0.770. The summed E-state index contributed by atoms with van der Waals surface area (Å²) < 4.78 is 18.5. The van der Waals surface area contributed by atoms with E-state index in [4.69, 9.17) is 4.74 Å². The first-order chi connectivity index (χ1) is 12.6. The third kappa shape index (κ3) is 4.08. The van der Waals surface area contributed by atoms with Crippen LogP contribution < -0.4 is 5.32 Å². The van der Waals surface area contributed by atoms with Crippen LogP contribution in [0.4, 0.5) is 4.39 Å². The van der Waals surface area contributed by atoms with Gasteiger partial charge >= 0.3 is 0 Å². The summed E-state index contributed by atoms with van der Waals surface area (Å²) in [5, 5.41) is 2.85. The Balaban J connectivity index is 1.66. The van der Waals surface area contributed by atoms with Crippen LogP contribution in [0.3, 0.4) is 0 Å². The second-order valence-corrected chi connectivity index (χ2v) is 6.26. The number of rotatable bonds is 5. The van der Waals surface area contributed by atoms with Crippen LogP contribution in [-0.2, 0) is 20.7 Å². The van der Waals surface area contributed by atoms with E-state index in [1.807, 2.05) is 30.3 Å². The van der Waals surface area contributed by atoms with Gasteiger partial charge in [0.2, 0.25) is 5.91 Å². The van der Waals surface area contributed by atoms with Gasteiger partial charge in [0.15, 0.2) is 6.10 Å². The molecule has 2 aromatic rings. The third-order valence-electron chi connectivity index (χ3n) is 4.51. The lowest BCUT2D eigenvalue weighted by Crippen LogP contribution is -2.53. The van der Waals surface area contributed by atoms with Crippen LogP contribution in [0, 0.1) is 5.82 Å². The summed E-state index contributed by atoms with van der Waals surface area (Å²) in [6.07, 6.45) is -0.183. The Labute approximate surface area is 151 Å². The number of morpholine rings is 1. The lowest BCUT2D eigenvalue weighted by molar-refractivity contribution is -0.162. The number of likely N-dealkylation sites (N-methyl/N-ethyl adjacent to an activating group) is 1. The van der Waals surface area contributed by atoms with E-state index >= 15 is 0 Å². The highest BCUT2D eigenvalue weighted by Crippen LogP contribution is 2.29. The molecule has 6 heteroatoms. The molecule has 3 rings (SSSR count). The number of hydrogen-bond acceptors (Lipinski definition) is 3. The molecule has 2 atom stereocenters. The minimum Gasteiger partial charge on any atom is -0.356 e. The molecule has 26 heavy (non-hydrogen) atoms. The number of nitrogens with zero attached hydrogens (tertiary/aromatic N) is 1. The van der Waals surface area contributed by atoms with E-state index in [9.17, 15) is 14.0 Å². The molecule has 2 amide bonds. The zero-order valence-electron chi connectivity index (χ0n) is 14.5. The fourth-order valence-electron chi connectivity index (χ4n) is 3.06. The summed E-state index contributed by atoms with van der Waals surface area (Å²) in [6, 6.07) is 15.1. The molecule has 1 heterocycles. The molecule has 0 aliphatic carbocycles. The van der Waals surface area contributed by atoms with Crippen molar-refractivity contribution in [1.82, 2.24) is 10.2 Å². The molecule has 0 saturated carbocycles. The van der Waals surface area contributed by atoms with Crippen molar-refractivity contribution in [1.29, 1.82) is 0 Å². The second-order valence-electron chi connectivity index (χ2n) is 6.26. The van der Waals surface area contributed by atoms with Gasteiger partial charge in [-0.15, -0.1) is 0 Å². The maximum atomic E-state index is 12.9. The predicted octanol–water partition coefficient (Wildman–Crippen LogP) is 2.08. The maximum Gasteiger partial charge on any atom is 0.251 e. The number of nitrogens with one attached hydrogen (secondary N) is 1. The smallest absolute Gasteiger partial charge is 0.251 e.